The number of rotatable bonds is 6. The number of cyclic esters (lactones) is 1. The van der Waals surface area contributed by atoms with Gasteiger partial charge in [0.2, 0.25) is 12.3 Å². The predicted molar refractivity (Wildman–Crippen MR) is 98.3 cm³/mol. The van der Waals surface area contributed by atoms with Crippen molar-refractivity contribution in [2.24, 2.45) is 0 Å². The van der Waals surface area contributed by atoms with Crippen molar-refractivity contribution >= 4 is 29.8 Å². The van der Waals surface area contributed by atoms with E-state index in [0.29, 0.717) is 13.1 Å². The molecular formula is C19H25N3O4. The fourth-order valence-electron chi connectivity index (χ4n) is 3.71. The van der Waals surface area contributed by atoms with E-state index in [-0.39, 0.29) is 18.1 Å². The Morgan fingerprint density at radius 2 is 2.23 bits per heavy atom. The summed E-state index contributed by atoms with van der Waals surface area (Å²) < 4.78 is 5.32. The number of aryl methyl sites for hydroxylation is 1. The van der Waals surface area contributed by atoms with Crippen molar-refractivity contribution < 1.29 is 19.1 Å². The highest BCUT2D eigenvalue weighted by Gasteiger charge is 2.33. The number of hydrogen-bond donors (Lipinski definition) is 1. The van der Waals surface area contributed by atoms with Gasteiger partial charge in [0.25, 0.3) is 0 Å². The van der Waals surface area contributed by atoms with Crippen LogP contribution in [0.2, 0.25) is 0 Å². The van der Waals surface area contributed by atoms with Crippen molar-refractivity contribution in [2.45, 2.75) is 51.7 Å². The molecule has 0 aliphatic carbocycles. The van der Waals surface area contributed by atoms with Crippen LogP contribution in [0.3, 0.4) is 0 Å². The standard InChI is InChI=1S/C19H25N3O4/c1-3-4-15-6-5-14-9-16(7-8-18(14)22(15)12-23)21-11-17(26-19(21)25)10-20-13(2)24/h7-9,12,15,17H,3-6,10-11H2,1-2H3,(H,20,24)/t15?,17-/m0/s1. The number of benzene rings is 1. The molecule has 2 atom stereocenters. The first-order valence-corrected chi connectivity index (χ1v) is 9.12. The van der Waals surface area contributed by atoms with Crippen molar-refractivity contribution in [1.29, 1.82) is 0 Å². The molecule has 1 saturated heterocycles. The predicted octanol–water partition coefficient (Wildman–Crippen LogP) is 2.23. The Kier molecular flexibility index (Phi) is 5.44. The van der Waals surface area contributed by atoms with Gasteiger partial charge >= 0.3 is 6.09 Å². The van der Waals surface area contributed by atoms with Crippen LogP contribution in [-0.2, 0) is 20.7 Å². The van der Waals surface area contributed by atoms with Crippen LogP contribution < -0.4 is 15.1 Å². The second-order valence-corrected chi connectivity index (χ2v) is 6.86. The zero-order valence-electron chi connectivity index (χ0n) is 15.2. The molecule has 1 fully saturated rings. The highest BCUT2D eigenvalue weighted by atomic mass is 16.6. The molecule has 0 aromatic heterocycles. The minimum atomic E-state index is -0.410. The molecule has 0 bridgehead atoms. The molecule has 1 aromatic carbocycles. The van der Waals surface area contributed by atoms with Crippen LogP contribution in [0.1, 0.15) is 38.7 Å². The van der Waals surface area contributed by atoms with Crippen molar-refractivity contribution in [3.05, 3.63) is 23.8 Å². The fraction of sp³-hybridized carbons (Fsp3) is 0.526. The lowest BCUT2D eigenvalue weighted by Gasteiger charge is -2.35. The highest BCUT2D eigenvalue weighted by molar-refractivity contribution is 5.91. The molecule has 3 rings (SSSR count). The first-order chi connectivity index (χ1) is 12.5. The molecule has 1 N–H and O–H groups in total. The van der Waals surface area contributed by atoms with Crippen LogP contribution >= 0.6 is 0 Å². The Morgan fingerprint density at radius 1 is 1.42 bits per heavy atom. The number of anilines is 2. The number of fused-ring (bicyclic) bond motifs is 1. The van der Waals surface area contributed by atoms with E-state index in [2.05, 4.69) is 12.2 Å². The molecule has 2 aliphatic heterocycles. The largest absolute Gasteiger partial charge is 0.442 e. The van der Waals surface area contributed by atoms with Gasteiger partial charge in [-0.3, -0.25) is 14.5 Å². The van der Waals surface area contributed by atoms with E-state index in [4.69, 9.17) is 4.74 Å². The minimum Gasteiger partial charge on any atom is -0.442 e. The molecule has 0 radical (unpaired) electrons. The van der Waals surface area contributed by atoms with E-state index in [0.717, 1.165) is 49.0 Å². The number of amides is 3. The molecule has 7 heteroatoms. The maximum absolute atomic E-state index is 12.2. The Labute approximate surface area is 153 Å². The molecular weight excluding hydrogens is 334 g/mol. The summed E-state index contributed by atoms with van der Waals surface area (Å²) in [7, 11) is 0. The Bertz CT molecular complexity index is 706. The molecule has 1 unspecified atom stereocenters. The summed E-state index contributed by atoms with van der Waals surface area (Å²) >= 11 is 0. The van der Waals surface area contributed by atoms with Crippen LogP contribution in [0.4, 0.5) is 16.2 Å². The zero-order chi connectivity index (χ0) is 18.7. The van der Waals surface area contributed by atoms with Gasteiger partial charge in [0.1, 0.15) is 6.10 Å². The van der Waals surface area contributed by atoms with Crippen molar-refractivity contribution in [3.8, 4) is 0 Å². The van der Waals surface area contributed by atoms with Gasteiger partial charge < -0.3 is 15.0 Å². The molecule has 26 heavy (non-hydrogen) atoms. The van der Waals surface area contributed by atoms with Gasteiger partial charge in [0, 0.05) is 24.3 Å². The minimum absolute atomic E-state index is 0.149. The second kappa shape index (κ2) is 7.76. The fourth-order valence-corrected chi connectivity index (χ4v) is 3.71. The van der Waals surface area contributed by atoms with Crippen LogP contribution in [0.15, 0.2) is 18.2 Å². The third-order valence-electron chi connectivity index (χ3n) is 4.98. The Hall–Kier alpha value is -2.57. The number of carbonyl (C=O) groups excluding carboxylic acids is 3. The summed E-state index contributed by atoms with van der Waals surface area (Å²) in [6, 6.07) is 5.98. The van der Waals surface area contributed by atoms with E-state index < -0.39 is 6.09 Å². The van der Waals surface area contributed by atoms with Gasteiger partial charge in [0.15, 0.2) is 0 Å². The molecule has 2 aliphatic rings. The molecule has 2 heterocycles. The normalized spacial score (nSPS) is 22.0. The first kappa shape index (κ1) is 18.2. The van der Waals surface area contributed by atoms with Crippen molar-refractivity contribution in [2.75, 3.05) is 22.9 Å². The topological polar surface area (TPSA) is 79.0 Å². The van der Waals surface area contributed by atoms with E-state index in [1.165, 1.54) is 6.92 Å². The van der Waals surface area contributed by atoms with Crippen molar-refractivity contribution in [3.63, 3.8) is 0 Å². The number of ether oxygens (including phenoxy) is 1. The van der Waals surface area contributed by atoms with Gasteiger partial charge in [-0.05, 0) is 43.0 Å². The summed E-state index contributed by atoms with van der Waals surface area (Å²) in [6.45, 7) is 4.26. The molecule has 140 valence electrons. The smallest absolute Gasteiger partial charge is 0.414 e. The van der Waals surface area contributed by atoms with E-state index >= 15 is 0 Å². The van der Waals surface area contributed by atoms with Gasteiger partial charge in [-0.25, -0.2) is 4.79 Å². The number of nitrogens with one attached hydrogen (secondary N) is 1. The van der Waals surface area contributed by atoms with Crippen LogP contribution in [0.25, 0.3) is 0 Å². The van der Waals surface area contributed by atoms with E-state index in [9.17, 15) is 14.4 Å². The van der Waals surface area contributed by atoms with Crippen LogP contribution in [0.5, 0.6) is 0 Å². The zero-order valence-corrected chi connectivity index (χ0v) is 15.2. The average molecular weight is 359 g/mol. The third kappa shape index (κ3) is 3.66. The third-order valence-corrected chi connectivity index (χ3v) is 4.98. The number of carbonyl (C=O) groups is 3. The summed E-state index contributed by atoms with van der Waals surface area (Å²) in [5.74, 6) is -0.149. The average Bonchev–Trinajstić information content (AvgIpc) is 3.00. The SMILES string of the molecule is CCCC1CCc2cc(N3C[C@H](CNC(C)=O)OC3=O)ccc2N1C=O. The summed E-state index contributed by atoms with van der Waals surface area (Å²) in [4.78, 5) is 38.2. The second-order valence-electron chi connectivity index (χ2n) is 6.86. The molecule has 3 amide bonds. The van der Waals surface area contributed by atoms with Gasteiger partial charge in [-0.2, -0.15) is 0 Å². The number of hydrogen-bond acceptors (Lipinski definition) is 4. The molecule has 7 nitrogen and oxygen atoms in total. The monoisotopic (exact) mass is 359 g/mol. The van der Waals surface area contributed by atoms with E-state index in [1.54, 1.807) is 4.90 Å². The van der Waals surface area contributed by atoms with E-state index in [1.807, 2.05) is 23.1 Å². The quantitative estimate of drug-likeness (QED) is 0.790. The lowest BCUT2D eigenvalue weighted by Crippen LogP contribution is -2.38. The summed E-state index contributed by atoms with van der Waals surface area (Å²) in [6.07, 6.45) is 3.98. The summed E-state index contributed by atoms with van der Waals surface area (Å²) in [5.41, 5.74) is 2.76. The van der Waals surface area contributed by atoms with Gasteiger partial charge in [-0.15, -0.1) is 0 Å². The maximum Gasteiger partial charge on any atom is 0.414 e. The summed E-state index contributed by atoms with van der Waals surface area (Å²) in [5, 5.41) is 2.67. The van der Waals surface area contributed by atoms with Crippen molar-refractivity contribution in [1.82, 2.24) is 5.32 Å². The molecule has 0 saturated carbocycles. The number of nitrogens with zero attached hydrogens (tertiary/aromatic N) is 2. The lowest BCUT2D eigenvalue weighted by molar-refractivity contribution is -0.119. The molecule has 0 spiro atoms. The van der Waals surface area contributed by atoms with Crippen LogP contribution in [0, 0.1) is 0 Å². The van der Waals surface area contributed by atoms with Gasteiger partial charge in [-0.1, -0.05) is 13.3 Å². The van der Waals surface area contributed by atoms with Gasteiger partial charge in [0.05, 0.1) is 13.1 Å². The Balaban J connectivity index is 1.76. The first-order valence-electron chi connectivity index (χ1n) is 9.12. The highest BCUT2D eigenvalue weighted by Crippen LogP contribution is 2.35. The van der Waals surface area contributed by atoms with Crippen LogP contribution in [-0.4, -0.2) is 43.6 Å². The lowest BCUT2D eigenvalue weighted by atomic mass is 9.93. The molecule has 1 aromatic rings. The maximum atomic E-state index is 12.2. The Morgan fingerprint density at radius 3 is 2.92 bits per heavy atom.